The van der Waals surface area contributed by atoms with E-state index < -0.39 is 5.82 Å². The second-order valence-electron chi connectivity index (χ2n) is 3.32. The molecule has 1 aromatic carbocycles. The topological polar surface area (TPSA) is 35.5 Å². The van der Waals surface area contributed by atoms with Gasteiger partial charge < -0.3 is 14.3 Å². The molecular formula is C12H15FO3. The third-order valence-electron chi connectivity index (χ3n) is 2.34. The SMILES string of the molecule is COc1ccc(F)c(OC)c1CCCC=O. The number of hydrogen-bond acceptors (Lipinski definition) is 3. The molecule has 0 N–H and O–H groups in total. The van der Waals surface area contributed by atoms with E-state index in [1.165, 1.54) is 20.3 Å². The van der Waals surface area contributed by atoms with Gasteiger partial charge in [-0.05, 0) is 25.0 Å². The average molecular weight is 226 g/mol. The highest BCUT2D eigenvalue weighted by Crippen LogP contribution is 2.32. The van der Waals surface area contributed by atoms with E-state index in [1.54, 1.807) is 6.07 Å². The van der Waals surface area contributed by atoms with Crippen molar-refractivity contribution in [1.29, 1.82) is 0 Å². The smallest absolute Gasteiger partial charge is 0.165 e. The molecule has 0 aliphatic heterocycles. The summed E-state index contributed by atoms with van der Waals surface area (Å²) in [4.78, 5) is 10.2. The number of rotatable bonds is 6. The molecule has 0 spiro atoms. The number of carbonyl (C=O) groups excluding carboxylic acids is 1. The van der Waals surface area contributed by atoms with E-state index in [2.05, 4.69) is 0 Å². The highest BCUT2D eigenvalue weighted by molar-refractivity contribution is 5.50. The van der Waals surface area contributed by atoms with Gasteiger partial charge in [-0.3, -0.25) is 0 Å². The Labute approximate surface area is 94.2 Å². The van der Waals surface area contributed by atoms with Gasteiger partial charge in [0, 0.05) is 12.0 Å². The fraction of sp³-hybridized carbons (Fsp3) is 0.417. The Morgan fingerprint density at radius 1 is 1.31 bits per heavy atom. The number of halogens is 1. The Morgan fingerprint density at radius 2 is 2.06 bits per heavy atom. The second kappa shape index (κ2) is 6.10. The fourth-order valence-corrected chi connectivity index (χ4v) is 1.59. The maximum atomic E-state index is 13.4. The predicted molar refractivity (Wildman–Crippen MR) is 58.5 cm³/mol. The van der Waals surface area contributed by atoms with Gasteiger partial charge in [0.05, 0.1) is 14.2 Å². The number of benzene rings is 1. The van der Waals surface area contributed by atoms with Crippen LogP contribution < -0.4 is 9.47 Å². The van der Waals surface area contributed by atoms with Crippen molar-refractivity contribution in [3.63, 3.8) is 0 Å². The molecule has 1 rings (SSSR count). The largest absolute Gasteiger partial charge is 0.496 e. The molecular weight excluding hydrogens is 211 g/mol. The number of methoxy groups -OCH3 is 2. The standard InChI is InChI=1S/C12H15FO3/c1-15-11-7-6-10(13)12(16-2)9(11)5-3-4-8-14/h6-8H,3-5H2,1-2H3. The molecule has 0 amide bonds. The van der Waals surface area contributed by atoms with E-state index >= 15 is 0 Å². The molecule has 0 aliphatic carbocycles. The lowest BCUT2D eigenvalue weighted by Crippen LogP contribution is -1.99. The van der Waals surface area contributed by atoms with Crippen LogP contribution >= 0.6 is 0 Å². The van der Waals surface area contributed by atoms with Crippen molar-refractivity contribution in [2.75, 3.05) is 14.2 Å². The molecule has 0 fully saturated rings. The van der Waals surface area contributed by atoms with E-state index in [1.807, 2.05) is 0 Å². The Kier molecular flexibility index (Phi) is 4.76. The maximum absolute atomic E-state index is 13.4. The van der Waals surface area contributed by atoms with Crippen LogP contribution in [0.1, 0.15) is 18.4 Å². The number of ether oxygens (including phenoxy) is 2. The van der Waals surface area contributed by atoms with Gasteiger partial charge in [0.2, 0.25) is 0 Å². The van der Waals surface area contributed by atoms with Crippen molar-refractivity contribution >= 4 is 6.29 Å². The van der Waals surface area contributed by atoms with Gasteiger partial charge in [0.1, 0.15) is 12.0 Å². The van der Waals surface area contributed by atoms with Gasteiger partial charge in [-0.1, -0.05) is 0 Å². The first-order chi connectivity index (χ1) is 7.74. The van der Waals surface area contributed by atoms with Crippen LogP contribution in [0.25, 0.3) is 0 Å². The van der Waals surface area contributed by atoms with E-state index in [4.69, 9.17) is 9.47 Å². The van der Waals surface area contributed by atoms with E-state index in [9.17, 15) is 9.18 Å². The lowest BCUT2D eigenvalue weighted by Gasteiger charge is -2.13. The minimum Gasteiger partial charge on any atom is -0.496 e. The molecule has 0 saturated carbocycles. The molecule has 3 nitrogen and oxygen atoms in total. The summed E-state index contributed by atoms with van der Waals surface area (Å²) in [5, 5.41) is 0. The van der Waals surface area contributed by atoms with Crippen LogP contribution in [0.2, 0.25) is 0 Å². The fourth-order valence-electron chi connectivity index (χ4n) is 1.59. The van der Waals surface area contributed by atoms with Crippen molar-refractivity contribution in [2.45, 2.75) is 19.3 Å². The molecule has 0 aliphatic rings. The summed E-state index contributed by atoms with van der Waals surface area (Å²) >= 11 is 0. The van der Waals surface area contributed by atoms with Gasteiger partial charge in [-0.2, -0.15) is 0 Å². The van der Waals surface area contributed by atoms with Gasteiger partial charge in [0.15, 0.2) is 11.6 Å². The Morgan fingerprint density at radius 3 is 2.62 bits per heavy atom. The summed E-state index contributed by atoms with van der Waals surface area (Å²) in [5.74, 6) is 0.374. The van der Waals surface area contributed by atoms with E-state index in [-0.39, 0.29) is 5.75 Å². The highest BCUT2D eigenvalue weighted by Gasteiger charge is 2.14. The normalized spacial score (nSPS) is 9.94. The van der Waals surface area contributed by atoms with Crippen LogP contribution in [-0.2, 0) is 11.2 Å². The predicted octanol–water partition coefficient (Wildman–Crippen LogP) is 2.36. The molecule has 0 bridgehead atoms. The van der Waals surface area contributed by atoms with Crippen molar-refractivity contribution in [3.05, 3.63) is 23.5 Å². The summed E-state index contributed by atoms with van der Waals surface area (Å²) in [7, 11) is 2.94. The molecule has 4 heteroatoms. The second-order valence-corrected chi connectivity index (χ2v) is 3.32. The zero-order chi connectivity index (χ0) is 12.0. The number of unbranched alkanes of at least 4 members (excludes halogenated alkanes) is 1. The summed E-state index contributed by atoms with van der Waals surface area (Å²) in [5.41, 5.74) is 0.673. The van der Waals surface area contributed by atoms with E-state index in [0.717, 1.165) is 6.29 Å². The lowest BCUT2D eigenvalue weighted by atomic mass is 10.1. The maximum Gasteiger partial charge on any atom is 0.165 e. The molecule has 1 aromatic rings. The first kappa shape index (κ1) is 12.5. The summed E-state index contributed by atoms with van der Waals surface area (Å²) < 4.78 is 23.6. The lowest BCUT2D eigenvalue weighted by molar-refractivity contribution is -0.107. The van der Waals surface area contributed by atoms with Gasteiger partial charge >= 0.3 is 0 Å². The van der Waals surface area contributed by atoms with Crippen LogP contribution in [0, 0.1) is 5.82 Å². The molecule has 88 valence electrons. The summed E-state index contributed by atoms with van der Waals surface area (Å²) in [6.45, 7) is 0. The molecule has 0 saturated heterocycles. The highest BCUT2D eigenvalue weighted by atomic mass is 19.1. The number of aldehydes is 1. The molecule has 0 unspecified atom stereocenters. The van der Waals surface area contributed by atoms with Gasteiger partial charge in [-0.25, -0.2) is 4.39 Å². The monoisotopic (exact) mass is 226 g/mol. The minimum absolute atomic E-state index is 0.199. The van der Waals surface area contributed by atoms with E-state index in [0.29, 0.717) is 30.6 Å². The molecule has 16 heavy (non-hydrogen) atoms. The van der Waals surface area contributed by atoms with Crippen molar-refractivity contribution in [3.8, 4) is 11.5 Å². The Hall–Kier alpha value is -1.58. The zero-order valence-corrected chi connectivity index (χ0v) is 9.46. The van der Waals surface area contributed by atoms with Crippen molar-refractivity contribution in [1.82, 2.24) is 0 Å². The quantitative estimate of drug-likeness (QED) is 0.551. The molecule has 0 atom stereocenters. The first-order valence-corrected chi connectivity index (χ1v) is 5.07. The van der Waals surface area contributed by atoms with Crippen LogP contribution in [0.15, 0.2) is 12.1 Å². The van der Waals surface area contributed by atoms with Crippen LogP contribution in [0.5, 0.6) is 11.5 Å². The minimum atomic E-state index is -0.413. The third kappa shape index (κ3) is 2.72. The van der Waals surface area contributed by atoms with Crippen LogP contribution in [-0.4, -0.2) is 20.5 Å². The van der Waals surface area contributed by atoms with Crippen LogP contribution in [0.4, 0.5) is 4.39 Å². The van der Waals surface area contributed by atoms with Gasteiger partial charge in [0.25, 0.3) is 0 Å². The third-order valence-corrected chi connectivity index (χ3v) is 2.34. The molecule has 0 radical (unpaired) electrons. The summed E-state index contributed by atoms with van der Waals surface area (Å²) in [6.07, 6.45) is 2.50. The van der Waals surface area contributed by atoms with Gasteiger partial charge in [-0.15, -0.1) is 0 Å². The van der Waals surface area contributed by atoms with Crippen molar-refractivity contribution in [2.24, 2.45) is 0 Å². The average Bonchev–Trinajstić information content (AvgIpc) is 2.30. The first-order valence-electron chi connectivity index (χ1n) is 5.07. The van der Waals surface area contributed by atoms with Crippen LogP contribution in [0.3, 0.4) is 0 Å². The number of carbonyl (C=O) groups is 1. The Balaban J connectivity index is 2.99. The Bertz CT molecular complexity index is 364. The zero-order valence-electron chi connectivity index (χ0n) is 9.46. The molecule has 0 heterocycles. The number of hydrogen-bond donors (Lipinski definition) is 0. The summed E-state index contributed by atoms with van der Waals surface area (Å²) in [6, 6.07) is 2.87. The molecule has 0 aromatic heterocycles. The van der Waals surface area contributed by atoms with Crippen molar-refractivity contribution < 1.29 is 18.7 Å².